The molecule has 0 aromatic carbocycles. The van der Waals surface area contributed by atoms with Crippen LogP contribution in [0, 0.1) is 6.92 Å². The maximum atomic E-state index is 11.3. The molecule has 0 aliphatic carbocycles. The van der Waals surface area contributed by atoms with E-state index in [2.05, 4.69) is 15.5 Å². The Bertz CT molecular complexity index is 378. The molecule has 0 radical (unpaired) electrons. The van der Waals surface area contributed by atoms with Gasteiger partial charge in [-0.3, -0.25) is 14.7 Å². The molecule has 7 heteroatoms. The Morgan fingerprint density at radius 2 is 2.31 bits per heavy atom. The van der Waals surface area contributed by atoms with Crippen LogP contribution in [0.2, 0.25) is 0 Å². The lowest BCUT2D eigenvalue weighted by Gasteiger charge is -2.03. The Kier molecular flexibility index (Phi) is 4.84. The van der Waals surface area contributed by atoms with Gasteiger partial charge in [0, 0.05) is 17.8 Å². The van der Waals surface area contributed by atoms with E-state index in [1.807, 2.05) is 6.92 Å². The SMILES string of the molecule is Cc1[nH]ncc1CNC(=O)CSCC(=O)O. The van der Waals surface area contributed by atoms with Gasteiger partial charge in [-0.1, -0.05) is 0 Å². The lowest BCUT2D eigenvalue weighted by molar-refractivity contribution is -0.133. The summed E-state index contributed by atoms with van der Waals surface area (Å²) in [6, 6.07) is 0. The number of aromatic nitrogens is 2. The number of nitrogens with one attached hydrogen (secondary N) is 2. The van der Waals surface area contributed by atoms with Crippen molar-refractivity contribution < 1.29 is 14.7 Å². The highest BCUT2D eigenvalue weighted by Gasteiger charge is 2.05. The van der Waals surface area contributed by atoms with E-state index in [0.717, 1.165) is 23.0 Å². The first-order valence-electron chi connectivity index (χ1n) is 4.64. The Morgan fingerprint density at radius 1 is 1.56 bits per heavy atom. The fourth-order valence-electron chi connectivity index (χ4n) is 1.03. The van der Waals surface area contributed by atoms with Crippen LogP contribution in [0.5, 0.6) is 0 Å². The van der Waals surface area contributed by atoms with Gasteiger partial charge in [-0.05, 0) is 6.92 Å². The summed E-state index contributed by atoms with van der Waals surface area (Å²) in [6.07, 6.45) is 1.65. The molecule has 0 aliphatic heterocycles. The van der Waals surface area contributed by atoms with Gasteiger partial charge < -0.3 is 10.4 Å². The molecule has 3 N–H and O–H groups in total. The molecular formula is C9H13N3O3S. The number of hydrogen-bond donors (Lipinski definition) is 3. The minimum Gasteiger partial charge on any atom is -0.481 e. The van der Waals surface area contributed by atoms with E-state index < -0.39 is 5.97 Å². The Hall–Kier alpha value is -1.50. The standard InChI is InChI=1S/C9H13N3O3S/c1-6-7(3-11-12-6)2-10-8(13)4-16-5-9(14)15/h3H,2,4-5H2,1H3,(H,10,13)(H,11,12)(H,14,15). The van der Waals surface area contributed by atoms with Crippen LogP contribution >= 0.6 is 11.8 Å². The van der Waals surface area contributed by atoms with E-state index in [-0.39, 0.29) is 17.4 Å². The molecule has 1 aromatic heterocycles. The number of rotatable bonds is 6. The van der Waals surface area contributed by atoms with Crippen molar-refractivity contribution in [1.29, 1.82) is 0 Å². The van der Waals surface area contributed by atoms with E-state index in [0.29, 0.717) is 6.54 Å². The Balaban J connectivity index is 2.20. The van der Waals surface area contributed by atoms with Crippen LogP contribution in [0.15, 0.2) is 6.20 Å². The van der Waals surface area contributed by atoms with Gasteiger partial charge in [0.1, 0.15) is 0 Å². The predicted octanol–water partition coefficient (Wildman–Crippen LogP) is 0.152. The number of aryl methyl sites for hydroxylation is 1. The molecule has 0 spiro atoms. The summed E-state index contributed by atoms with van der Waals surface area (Å²) in [4.78, 5) is 21.5. The zero-order chi connectivity index (χ0) is 12.0. The van der Waals surface area contributed by atoms with Crippen molar-refractivity contribution in [1.82, 2.24) is 15.5 Å². The first-order valence-corrected chi connectivity index (χ1v) is 5.80. The highest BCUT2D eigenvalue weighted by atomic mass is 32.2. The largest absolute Gasteiger partial charge is 0.481 e. The summed E-state index contributed by atoms with van der Waals surface area (Å²) in [5.41, 5.74) is 1.84. The molecule has 0 saturated carbocycles. The monoisotopic (exact) mass is 243 g/mol. The van der Waals surface area contributed by atoms with Gasteiger partial charge >= 0.3 is 5.97 Å². The summed E-state index contributed by atoms with van der Waals surface area (Å²) in [5, 5.41) is 17.7. The second-order valence-corrected chi connectivity index (χ2v) is 4.17. The van der Waals surface area contributed by atoms with Gasteiger partial charge in [0.15, 0.2) is 0 Å². The van der Waals surface area contributed by atoms with Gasteiger partial charge in [-0.25, -0.2) is 0 Å². The van der Waals surface area contributed by atoms with Gasteiger partial charge in [-0.2, -0.15) is 5.10 Å². The highest BCUT2D eigenvalue weighted by Crippen LogP contribution is 2.02. The fraction of sp³-hybridized carbons (Fsp3) is 0.444. The number of aliphatic carboxylic acids is 1. The van der Waals surface area contributed by atoms with Crippen molar-refractivity contribution in [3.63, 3.8) is 0 Å². The van der Waals surface area contributed by atoms with Crippen LogP contribution in [-0.2, 0) is 16.1 Å². The molecule has 16 heavy (non-hydrogen) atoms. The van der Waals surface area contributed by atoms with E-state index >= 15 is 0 Å². The van der Waals surface area contributed by atoms with E-state index in [1.54, 1.807) is 6.20 Å². The van der Waals surface area contributed by atoms with E-state index in [4.69, 9.17) is 5.11 Å². The first kappa shape index (κ1) is 12.6. The smallest absolute Gasteiger partial charge is 0.313 e. The zero-order valence-corrected chi connectivity index (χ0v) is 9.63. The molecule has 0 bridgehead atoms. The minimum absolute atomic E-state index is 0.0574. The summed E-state index contributed by atoms with van der Waals surface area (Å²) >= 11 is 1.08. The minimum atomic E-state index is -0.913. The van der Waals surface area contributed by atoms with Crippen LogP contribution in [0.3, 0.4) is 0 Å². The molecule has 0 saturated heterocycles. The quantitative estimate of drug-likeness (QED) is 0.661. The van der Waals surface area contributed by atoms with Crippen molar-refractivity contribution in [2.75, 3.05) is 11.5 Å². The molecule has 0 atom stereocenters. The topological polar surface area (TPSA) is 95.1 Å². The van der Waals surface area contributed by atoms with Gasteiger partial charge in [0.25, 0.3) is 0 Å². The number of hydrogen-bond acceptors (Lipinski definition) is 4. The van der Waals surface area contributed by atoms with Crippen molar-refractivity contribution in [2.45, 2.75) is 13.5 Å². The molecule has 1 aromatic rings. The van der Waals surface area contributed by atoms with Crippen molar-refractivity contribution >= 4 is 23.6 Å². The summed E-state index contributed by atoms with van der Waals surface area (Å²) in [6.45, 7) is 2.28. The predicted molar refractivity (Wildman–Crippen MR) is 60.1 cm³/mol. The number of aromatic amines is 1. The summed E-state index contributed by atoms with van der Waals surface area (Å²) in [5.74, 6) is -0.989. The third-order valence-electron chi connectivity index (χ3n) is 1.87. The van der Waals surface area contributed by atoms with Crippen molar-refractivity contribution in [3.8, 4) is 0 Å². The zero-order valence-electron chi connectivity index (χ0n) is 8.82. The molecule has 1 heterocycles. The fourth-order valence-corrected chi connectivity index (χ4v) is 1.59. The highest BCUT2D eigenvalue weighted by molar-refractivity contribution is 8.00. The number of H-pyrrole nitrogens is 1. The van der Waals surface area contributed by atoms with Crippen LogP contribution in [-0.4, -0.2) is 38.7 Å². The second-order valence-electron chi connectivity index (χ2n) is 3.18. The lowest BCUT2D eigenvalue weighted by Crippen LogP contribution is -2.25. The number of carbonyl (C=O) groups excluding carboxylic acids is 1. The molecule has 88 valence electrons. The molecule has 0 fully saturated rings. The Labute approximate surface area is 96.8 Å². The van der Waals surface area contributed by atoms with E-state index in [9.17, 15) is 9.59 Å². The summed E-state index contributed by atoms with van der Waals surface area (Å²) < 4.78 is 0. The van der Waals surface area contributed by atoms with Crippen LogP contribution in [0.25, 0.3) is 0 Å². The molecule has 1 rings (SSSR count). The molecule has 0 unspecified atom stereocenters. The molecular weight excluding hydrogens is 230 g/mol. The number of nitrogens with zero attached hydrogens (tertiary/aromatic N) is 1. The van der Waals surface area contributed by atoms with Crippen LogP contribution in [0.1, 0.15) is 11.3 Å². The first-order chi connectivity index (χ1) is 7.59. The summed E-state index contributed by atoms with van der Waals surface area (Å²) in [7, 11) is 0. The molecule has 0 aliphatic rings. The maximum absolute atomic E-state index is 11.3. The van der Waals surface area contributed by atoms with Crippen molar-refractivity contribution in [2.24, 2.45) is 0 Å². The molecule has 6 nitrogen and oxygen atoms in total. The normalized spacial score (nSPS) is 10.1. The average Bonchev–Trinajstić information content (AvgIpc) is 2.60. The second kappa shape index (κ2) is 6.16. The van der Waals surface area contributed by atoms with Crippen LogP contribution < -0.4 is 5.32 Å². The third kappa shape index (κ3) is 4.35. The van der Waals surface area contributed by atoms with Gasteiger partial charge in [0.05, 0.1) is 17.7 Å². The van der Waals surface area contributed by atoms with Gasteiger partial charge in [0.2, 0.25) is 5.91 Å². The maximum Gasteiger partial charge on any atom is 0.313 e. The number of thioether (sulfide) groups is 1. The average molecular weight is 243 g/mol. The van der Waals surface area contributed by atoms with Gasteiger partial charge in [-0.15, -0.1) is 11.8 Å². The lowest BCUT2D eigenvalue weighted by atomic mass is 10.3. The van der Waals surface area contributed by atoms with E-state index in [1.165, 1.54) is 0 Å². The van der Waals surface area contributed by atoms with Crippen LogP contribution in [0.4, 0.5) is 0 Å². The molecule has 1 amide bonds. The Morgan fingerprint density at radius 3 is 2.88 bits per heavy atom. The van der Waals surface area contributed by atoms with Crippen molar-refractivity contribution in [3.05, 3.63) is 17.5 Å². The number of carbonyl (C=O) groups is 2. The number of carboxylic acids is 1. The number of amides is 1. The number of carboxylic acid groups (broad SMARTS) is 1. The third-order valence-corrected chi connectivity index (χ3v) is 2.79.